The van der Waals surface area contributed by atoms with Crippen LogP contribution < -0.4 is 5.32 Å². The molecule has 0 spiro atoms. The molecule has 0 aliphatic heterocycles. The predicted molar refractivity (Wildman–Crippen MR) is 76.2 cm³/mol. The number of thiazole rings is 1. The van der Waals surface area contributed by atoms with Crippen molar-refractivity contribution in [1.29, 1.82) is 0 Å². The molecule has 3 rings (SSSR count). The molecular weight excluding hydrogens is 263 g/mol. The SMILES string of the molecule is CNc1ccc2nc(-c3ccc(O)c(F)c3)sc2c1. The van der Waals surface area contributed by atoms with Crippen LogP contribution in [0.25, 0.3) is 20.8 Å². The summed E-state index contributed by atoms with van der Waals surface area (Å²) in [4.78, 5) is 4.47. The van der Waals surface area contributed by atoms with Gasteiger partial charge in [-0.1, -0.05) is 0 Å². The summed E-state index contributed by atoms with van der Waals surface area (Å²) < 4.78 is 14.4. The minimum absolute atomic E-state index is 0.345. The monoisotopic (exact) mass is 274 g/mol. The zero-order chi connectivity index (χ0) is 13.4. The zero-order valence-corrected chi connectivity index (χ0v) is 11.0. The van der Waals surface area contributed by atoms with E-state index >= 15 is 0 Å². The van der Waals surface area contributed by atoms with E-state index in [4.69, 9.17) is 0 Å². The summed E-state index contributed by atoms with van der Waals surface area (Å²) in [5.41, 5.74) is 2.56. The standard InChI is InChI=1S/C14H11FN2OS/c1-16-9-3-4-11-13(7-9)19-14(17-11)8-2-5-12(18)10(15)6-8/h2-7,16,18H,1H3. The highest BCUT2D eigenvalue weighted by molar-refractivity contribution is 7.21. The lowest BCUT2D eigenvalue weighted by Gasteiger charge is -1.97. The van der Waals surface area contributed by atoms with Crippen molar-refractivity contribution in [2.75, 3.05) is 12.4 Å². The Morgan fingerprint density at radius 2 is 2.05 bits per heavy atom. The van der Waals surface area contributed by atoms with E-state index in [-0.39, 0.29) is 5.75 Å². The predicted octanol–water partition coefficient (Wildman–Crippen LogP) is 3.85. The van der Waals surface area contributed by atoms with E-state index in [9.17, 15) is 9.50 Å². The smallest absolute Gasteiger partial charge is 0.165 e. The third-order valence-electron chi connectivity index (χ3n) is 2.87. The molecule has 3 aromatic rings. The number of benzene rings is 2. The van der Waals surface area contributed by atoms with E-state index in [1.165, 1.54) is 23.5 Å². The molecule has 0 radical (unpaired) electrons. The zero-order valence-electron chi connectivity index (χ0n) is 10.1. The molecule has 2 aromatic carbocycles. The third kappa shape index (κ3) is 2.13. The Hall–Kier alpha value is -2.14. The van der Waals surface area contributed by atoms with Crippen LogP contribution in [-0.4, -0.2) is 17.1 Å². The summed E-state index contributed by atoms with van der Waals surface area (Å²) in [5, 5.41) is 13.0. The molecule has 0 aliphatic rings. The van der Waals surface area contributed by atoms with Crippen LogP contribution in [0.5, 0.6) is 5.75 Å². The first-order valence-corrected chi connectivity index (χ1v) is 6.56. The molecular formula is C14H11FN2OS. The van der Waals surface area contributed by atoms with Crippen molar-refractivity contribution in [3.05, 3.63) is 42.2 Å². The molecule has 1 aromatic heterocycles. The van der Waals surface area contributed by atoms with Crippen LogP contribution >= 0.6 is 11.3 Å². The molecule has 96 valence electrons. The second-order valence-electron chi connectivity index (χ2n) is 4.12. The number of halogens is 1. The quantitative estimate of drug-likeness (QED) is 0.746. The number of phenolic OH excluding ortho intramolecular Hbond substituents is 1. The summed E-state index contributed by atoms with van der Waals surface area (Å²) in [7, 11) is 1.86. The fraction of sp³-hybridized carbons (Fsp3) is 0.0714. The minimum Gasteiger partial charge on any atom is -0.505 e. The third-order valence-corrected chi connectivity index (χ3v) is 3.94. The summed E-state index contributed by atoms with van der Waals surface area (Å²) in [6.45, 7) is 0. The number of rotatable bonds is 2. The van der Waals surface area contributed by atoms with Gasteiger partial charge in [0.1, 0.15) is 5.01 Å². The highest BCUT2D eigenvalue weighted by Crippen LogP contribution is 2.33. The van der Waals surface area contributed by atoms with Gasteiger partial charge in [-0.15, -0.1) is 11.3 Å². The van der Waals surface area contributed by atoms with Gasteiger partial charge in [-0.3, -0.25) is 0 Å². The topological polar surface area (TPSA) is 45.2 Å². The Balaban J connectivity index is 2.11. The van der Waals surface area contributed by atoms with Crippen molar-refractivity contribution < 1.29 is 9.50 Å². The molecule has 0 unspecified atom stereocenters. The maximum absolute atomic E-state index is 13.4. The number of aromatic nitrogens is 1. The van der Waals surface area contributed by atoms with Crippen molar-refractivity contribution in [2.45, 2.75) is 0 Å². The van der Waals surface area contributed by atoms with Gasteiger partial charge >= 0.3 is 0 Å². The van der Waals surface area contributed by atoms with Crippen LogP contribution in [0.1, 0.15) is 0 Å². The number of phenols is 1. The first-order valence-electron chi connectivity index (χ1n) is 5.74. The lowest BCUT2D eigenvalue weighted by molar-refractivity contribution is 0.432. The molecule has 0 saturated carbocycles. The second-order valence-corrected chi connectivity index (χ2v) is 5.15. The van der Waals surface area contributed by atoms with Crippen LogP contribution in [0.2, 0.25) is 0 Å². The fourth-order valence-corrected chi connectivity index (χ4v) is 2.84. The first-order chi connectivity index (χ1) is 9.17. The van der Waals surface area contributed by atoms with E-state index in [1.807, 2.05) is 25.2 Å². The van der Waals surface area contributed by atoms with Gasteiger partial charge in [0.15, 0.2) is 11.6 Å². The largest absolute Gasteiger partial charge is 0.505 e. The van der Waals surface area contributed by atoms with Gasteiger partial charge in [-0.05, 0) is 36.4 Å². The molecule has 0 fully saturated rings. The summed E-state index contributed by atoms with van der Waals surface area (Å²) in [6, 6.07) is 10.2. The van der Waals surface area contributed by atoms with Gasteiger partial charge < -0.3 is 10.4 Å². The lowest BCUT2D eigenvalue weighted by atomic mass is 10.2. The van der Waals surface area contributed by atoms with Crippen molar-refractivity contribution in [3.8, 4) is 16.3 Å². The van der Waals surface area contributed by atoms with E-state index in [0.717, 1.165) is 20.9 Å². The van der Waals surface area contributed by atoms with Crippen LogP contribution in [0, 0.1) is 5.82 Å². The Morgan fingerprint density at radius 3 is 2.79 bits per heavy atom. The van der Waals surface area contributed by atoms with Crippen LogP contribution in [0.4, 0.5) is 10.1 Å². The lowest BCUT2D eigenvalue weighted by Crippen LogP contribution is -1.85. The van der Waals surface area contributed by atoms with Gasteiger partial charge in [0.2, 0.25) is 0 Å². The fourth-order valence-electron chi connectivity index (χ4n) is 1.84. The number of hydrogen-bond acceptors (Lipinski definition) is 4. The second kappa shape index (κ2) is 4.51. The maximum Gasteiger partial charge on any atom is 0.165 e. The van der Waals surface area contributed by atoms with Gasteiger partial charge in [-0.25, -0.2) is 9.37 Å². The number of fused-ring (bicyclic) bond motifs is 1. The average Bonchev–Trinajstić information content (AvgIpc) is 2.84. The molecule has 0 bridgehead atoms. The average molecular weight is 274 g/mol. The maximum atomic E-state index is 13.4. The van der Waals surface area contributed by atoms with Gasteiger partial charge in [0, 0.05) is 18.3 Å². The molecule has 0 aliphatic carbocycles. The van der Waals surface area contributed by atoms with E-state index in [1.54, 1.807) is 6.07 Å². The molecule has 19 heavy (non-hydrogen) atoms. The molecule has 2 N–H and O–H groups in total. The molecule has 0 amide bonds. The normalized spacial score (nSPS) is 10.8. The van der Waals surface area contributed by atoms with Crippen molar-refractivity contribution in [1.82, 2.24) is 4.98 Å². The Morgan fingerprint density at radius 1 is 1.21 bits per heavy atom. The first kappa shape index (κ1) is 11.9. The van der Waals surface area contributed by atoms with Gasteiger partial charge in [0.25, 0.3) is 0 Å². The Bertz CT molecular complexity index is 754. The molecule has 0 atom stereocenters. The molecule has 5 heteroatoms. The molecule has 1 heterocycles. The van der Waals surface area contributed by atoms with Gasteiger partial charge in [0.05, 0.1) is 10.2 Å². The van der Waals surface area contributed by atoms with Crippen LogP contribution in [0.15, 0.2) is 36.4 Å². The van der Waals surface area contributed by atoms with E-state index in [2.05, 4.69) is 10.3 Å². The summed E-state index contributed by atoms with van der Waals surface area (Å²) >= 11 is 1.50. The Labute approximate surface area is 113 Å². The van der Waals surface area contributed by atoms with Crippen molar-refractivity contribution >= 4 is 27.2 Å². The van der Waals surface area contributed by atoms with Crippen LogP contribution in [0.3, 0.4) is 0 Å². The number of nitrogens with one attached hydrogen (secondary N) is 1. The summed E-state index contributed by atoms with van der Waals surface area (Å²) in [5.74, 6) is -0.977. The van der Waals surface area contributed by atoms with Crippen molar-refractivity contribution in [2.24, 2.45) is 0 Å². The number of hydrogen-bond donors (Lipinski definition) is 2. The van der Waals surface area contributed by atoms with Crippen LogP contribution in [-0.2, 0) is 0 Å². The Kier molecular flexibility index (Phi) is 2.83. The molecule has 3 nitrogen and oxygen atoms in total. The number of aromatic hydroxyl groups is 1. The minimum atomic E-state index is -0.632. The van der Waals surface area contributed by atoms with Gasteiger partial charge in [-0.2, -0.15) is 0 Å². The molecule has 0 saturated heterocycles. The van der Waals surface area contributed by atoms with E-state index < -0.39 is 5.82 Å². The number of nitrogens with zero attached hydrogens (tertiary/aromatic N) is 1. The van der Waals surface area contributed by atoms with Crippen molar-refractivity contribution in [3.63, 3.8) is 0 Å². The number of anilines is 1. The summed E-state index contributed by atoms with van der Waals surface area (Å²) in [6.07, 6.45) is 0. The van der Waals surface area contributed by atoms with E-state index in [0.29, 0.717) is 5.56 Å². The highest BCUT2D eigenvalue weighted by Gasteiger charge is 2.09. The highest BCUT2D eigenvalue weighted by atomic mass is 32.1.